The average molecular weight is 330 g/mol. The molecular formula is C15H11FN4O2S. The highest BCUT2D eigenvalue weighted by Gasteiger charge is 2.12. The van der Waals surface area contributed by atoms with Gasteiger partial charge in [-0.3, -0.25) is 0 Å². The molecule has 0 atom stereocenters. The number of benzene rings is 2. The molecule has 0 amide bonds. The molecule has 0 aliphatic carbocycles. The van der Waals surface area contributed by atoms with Crippen LogP contribution in [0.15, 0.2) is 47.6 Å². The first-order valence-corrected chi connectivity index (χ1v) is 6.96. The second-order valence-electron chi connectivity index (χ2n) is 4.63. The summed E-state index contributed by atoms with van der Waals surface area (Å²) < 4.78 is 15.3. The van der Waals surface area contributed by atoms with Crippen LogP contribution >= 0.6 is 12.2 Å². The van der Waals surface area contributed by atoms with Crippen molar-refractivity contribution in [2.75, 3.05) is 0 Å². The van der Waals surface area contributed by atoms with Gasteiger partial charge in [-0.2, -0.15) is 14.9 Å². The summed E-state index contributed by atoms with van der Waals surface area (Å²) in [6.07, 6.45) is 1.34. The van der Waals surface area contributed by atoms with E-state index in [1.54, 1.807) is 18.2 Å². The van der Waals surface area contributed by atoms with Crippen molar-refractivity contribution >= 4 is 18.4 Å². The third-order valence-electron chi connectivity index (χ3n) is 3.09. The van der Waals surface area contributed by atoms with Gasteiger partial charge in [-0.1, -0.05) is 12.1 Å². The number of hydrogen-bond donors (Lipinski definition) is 3. The monoisotopic (exact) mass is 330 g/mol. The molecule has 0 aliphatic rings. The molecule has 3 N–H and O–H groups in total. The molecule has 6 nitrogen and oxygen atoms in total. The highest BCUT2D eigenvalue weighted by Crippen LogP contribution is 2.22. The Kier molecular flexibility index (Phi) is 3.90. The van der Waals surface area contributed by atoms with E-state index in [-0.39, 0.29) is 27.7 Å². The van der Waals surface area contributed by atoms with E-state index < -0.39 is 5.82 Å². The van der Waals surface area contributed by atoms with E-state index in [2.05, 4.69) is 15.3 Å². The van der Waals surface area contributed by atoms with Gasteiger partial charge in [0.1, 0.15) is 17.3 Å². The molecule has 3 rings (SSSR count). The van der Waals surface area contributed by atoms with Crippen molar-refractivity contribution in [1.29, 1.82) is 0 Å². The molecule has 0 radical (unpaired) electrons. The Labute approximate surface area is 135 Å². The summed E-state index contributed by atoms with van der Waals surface area (Å²) in [5.41, 5.74) is 0.609. The maximum atomic E-state index is 13.9. The number of aromatic hydroxyl groups is 2. The van der Waals surface area contributed by atoms with Crippen LogP contribution in [0.2, 0.25) is 0 Å². The van der Waals surface area contributed by atoms with Crippen LogP contribution in [0.25, 0.3) is 11.4 Å². The van der Waals surface area contributed by atoms with Gasteiger partial charge >= 0.3 is 0 Å². The lowest BCUT2D eigenvalue weighted by Gasteiger charge is -2.03. The van der Waals surface area contributed by atoms with Crippen molar-refractivity contribution in [1.82, 2.24) is 14.9 Å². The Hall–Kier alpha value is -3.00. The topological polar surface area (TPSA) is 86.4 Å². The van der Waals surface area contributed by atoms with Gasteiger partial charge in [0, 0.05) is 11.6 Å². The Balaban J connectivity index is 2.04. The molecule has 2 aromatic carbocycles. The zero-order valence-corrected chi connectivity index (χ0v) is 12.5. The summed E-state index contributed by atoms with van der Waals surface area (Å²) in [6.45, 7) is 0. The van der Waals surface area contributed by atoms with E-state index in [0.717, 1.165) is 0 Å². The minimum Gasteiger partial charge on any atom is -0.508 e. The third-order valence-corrected chi connectivity index (χ3v) is 3.36. The fourth-order valence-electron chi connectivity index (χ4n) is 1.98. The summed E-state index contributed by atoms with van der Waals surface area (Å²) in [5.74, 6) is -0.448. The molecule has 8 heteroatoms. The smallest absolute Gasteiger partial charge is 0.216 e. The lowest BCUT2D eigenvalue weighted by Crippen LogP contribution is -1.97. The number of aromatic nitrogens is 3. The molecule has 0 unspecified atom stereocenters. The lowest BCUT2D eigenvalue weighted by molar-refractivity contribution is 0.450. The number of nitrogens with one attached hydrogen (secondary N) is 1. The van der Waals surface area contributed by atoms with Gasteiger partial charge < -0.3 is 10.2 Å². The number of halogens is 1. The van der Waals surface area contributed by atoms with Crippen LogP contribution in [0.5, 0.6) is 11.5 Å². The van der Waals surface area contributed by atoms with Crippen LogP contribution in [0, 0.1) is 10.6 Å². The Morgan fingerprint density at radius 2 is 2.00 bits per heavy atom. The number of H-pyrrole nitrogens is 1. The average Bonchev–Trinajstić information content (AvgIpc) is 2.88. The Morgan fingerprint density at radius 3 is 2.74 bits per heavy atom. The van der Waals surface area contributed by atoms with Crippen molar-refractivity contribution in [3.05, 3.63) is 58.6 Å². The van der Waals surface area contributed by atoms with E-state index >= 15 is 0 Å². The second-order valence-corrected chi connectivity index (χ2v) is 5.02. The van der Waals surface area contributed by atoms with Crippen LogP contribution in [0.4, 0.5) is 4.39 Å². The van der Waals surface area contributed by atoms with Crippen molar-refractivity contribution in [2.24, 2.45) is 5.10 Å². The molecule has 0 saturated carbocycles. The molecule has 0 aliphatic heterocycles. The van der Waals surface area contributed by atoms with Gasteiger partial charge in [-0.15, -0.1) is 0 Å². The zero-order valence-electron chi connectivity index (χ0n) is 11.6. The Bertz CT molecular complexity index is 949. The molecule has 0 fully saturated rings. The second kappa shape index (κ2) is 6.01. The van der Waals surface area contributed by atoms with E-state index in [1.807, 2.05) is 0 Å². The minimum atomic E-state index is -0.453. The van der Waals surface area contributed by atoms with E-state index in [9.17, 15) is 14.6 Å². The maximum absolute atomic E-state index is 13.9. The normalized spacial score (nSPS) is 11.2. The lowest BCUT2D eigenvalue weighted by atomic mass is 10.2. The van der Waals surface area contributed by atoms with Gasteiger partial charge in [-0.05, 0) is 36.5 Å². The standard InChI is InChI=1S/C15H11FN4O2S/c16-12-4-2-1-3-11(12)14-18-19-15(23)20(14)17-8-9-5-6-10(21)7-13(9)22/h1-8,21-22H,(H,19,23)/b17-8+. The fraction of sp³-hybridized carbons (Fsp3) is 0. The van der Waals surface area contributed by atoms with Gasteiger partial charge in [0.15, 0.2) is 5.82 Å². The summed E-state index contributed by atoms with van der Waals surface area (Å²) in [7, 11) is 0. The number of nitrogens with zero attached hydrogens (tertiary/aromatic N) is 3. The van der Waals surface area contributed by atoms with Gasteiger partial charge in [0.25, 0.3) is 0 Å². The van der Waals surface area contributed by atoms with Crippen molar-refractivity contribution in [3.8, 4) is 22.9 Å². The predicted octanol–water partition coefficient (Wildman–Crippen LogP) is 3.04. The number of phenolic OH excluding ortho intramolecular Hbond substituents is 2. The van der Waals surface area contributed by atoms with Gasteiger partial charge in [-0.25, -0.2) is 9.49 Å². The van der Waals surface area contributed by atoms with Gasteiger partial charge in [0.2, 0.25) is 4.77 Å². The first-order valence-electron chi connectivity index (χ1n) is 6.55. The van der Waals surface area contributed by atoms with E-state index in [4.69, 9.17) is 12.2 Å². The van der Waals surface area contributed by atoms with Crippen LogP contribution < -0.4 is 0 Å². The molecule has 1 aromatic heterocycles. The van der Waals surface area contributed by atoms with Crippen LogP contribution in [-0.2, 0) is 0 Å². The van der Waals surface area contributed by atoms with E-state index in [1.165, 1.54) is 35.2 Å². The van der Waals surface area contributed by atoms with Crippen LogP contribution in [-0.4, -0.2) is 31.3 Å². The zero-order chi connectivity index (χ0) is 16.4. The molecule has 0 bridgehead atoms. The Morgan fingerprint density at radius 1 is 1.22 bits per heavy atom. The highest BCUT2D eigenvalue weighted by atomic mass is 32.1. The highest BCUT2D eigenvalue weighted by molar-refractivity contribution is 7.71. The summed E-state index contributed by atoms with van der Waals surface area (Å²) in [5, 5.41) is 29.7. The summed E-state index contributed by atoms with van der Waals surface area (Å²) >= 11 is 5.09. The van der Waals surface area contributed by atoms with Crippen molar-refractivity contribution < 1.29 is 14.6 Å². The maximum Gasteiger partial charge on any atom is 0.216 e. The van der Waals surface area contributed by atoms with Gasteiger partial charge in [0.05, 0.1) is 11.8 Å². The molecular weight excluding hydrogens is 319 g/mol. The quantitative estimate of drug-likeness (QED) is 0.509. The SMILES string of the molecule is Oc1ccc(/C=N/n2c(-c3ccccc3F)n[nH]c2=S)c(O)c1. The molecule has 0 spiro atoms. The first kappa shape index (κ1) is 14.9. The van der Waals surface area contributed by atoms with Crippen molar-refractivity contribution in [3.63, 3.8) is 0 Å². The molecule has 1 heterocycles. The largest absolute Gasteiger partial charge is 0.508 e. The van der Waals surface area contributed by atoms with E-state index in [0.29, 0.717) is 5.56 Å². The molecule has 3 aromatic rings. The first-order chi connectivity index (χ1) is 11.1. The van der Waals surface area contributed by atoms with Crippen LogP contribution in [0.3, 0.4) is 0 Å². The summed E-state index contributed by atoms with van der Waals surface area (Å²) in [6, 6.07) is 10.2. The fourth-order valence-corrected chi connectivity index (χ4v) is 2.16. The summed E-state index contributed by atoms with van der Waals surface area (Å²) in [4.78, 5) is 0. The minimum absolute atomic E-state index is 0.0633. The molecule has 23 heavy (non-hydrogen) atoms. The van der Waals surface area contributed by atoms with Crippen LogP contribution in [0.1, 0.15) is 5.56 Å². The number of aromatic amines is 1. The van der Waals surface area contributed by atoms with Crippen molar-refractivity contribution in [2.45, 2.75) is 0 Å². The predicted molar refractivity (Wildman–Crippen MR) is 85.6 cm³/mol. The third kappa shape index (κ3) is 2.97. The number of hydrogen-bond acceptors (Lipinski definition) is 5. The number of phenols is 2. The molecule has 116 valence electrons. The molecule has 0 saturated heterocycles. The number of rotatable bonds is 3.